The van der Waals surface area contributed by atoms with Crippen LogP contribution in [0.5, 0.6) is 0 Å². The molecule has 0 spiro atoms. The molecule has 4 aromatic rings. The number of piperidine rings is 1. The average Bonchev–Trinajstić information content (AvgIpc) is 3.54. The lowest BCUT2D eigenvalue weighted by Crippen LogP contribution is -2.43. The number of carbonyl (C=O) groups excluding carboxylic acids is 2. The molecule has 0 aliphatic carbocycles. The number of hydrogen-bond acceptors (Lipinski definition) is 9. The highest BCUT2D eigenvalue weighted by atomic mass is 32.2. The molecule has 12 nitrogen and oxygen atoms in total. The summed E-state index contributed by atoms with van der Waals surface area (Å²) >= 11 is 0.906. The molecule has 2 aliphatic rings. The number of halogens is 3. The zero-order valence-electron chi connectivity index (χ0n) is 30.2. The predicted octanol–water partition coefficient (Wildman–Crippen LogP) is 5.75. The molecule has 2 aliphatic heterocycles. The molecule has 2 amide bonds. The predicted molar refractivity (Wildman–Crippen MR) is 198 cm³/mol. The Labute approximate surface area is 320 Å². The molecular formula is C39H43F3N6O6S. The van der Waals surface area contributed by atoms with Crippen molar-refractivity contribution in [2.45, 2.75) is 68.5 Å². The Morgan fingerprint density at radius 3 is 2.45 bits per heavy atom. The van der Waals surface area contributed by atoms with E-state index in [-0.39, 0.29) is 43.3 Å². The van der Waals surface area contributed by atoms with Crippen LogP contribution in [0.25, 0.3) is 11.3 Å². The minimum Gasteiger partial charge on any atom is -0.474 e. The number of nitrogens with zero attached hydrogens (tertiary/aromatic N) is 5. The highest BCUT2D eigenvalue weighted by Gasteiger charge is 2.38. The van der Waals surface area contributed by atoms with Gasteiger partial charge in [-0.1, -0.05) is 42.5 Å². The summed E-state index contributed by atoms with van der Waals surface area (Å²) in [5, 5.41) is 28.2. The molecule has 6 rings (SSSR count). The van der Waals surface area contributed by atoms with Crippen LogP contribution in [0.3, 0.4) is 0 Å². The van der Waals surface area contributed by atoms with Crippen LogP contribution in [0.1, 0.15) is 59.8 Å². The van der Waals surface area contributed by atoms with E-state index in [1.807, 2.05) is 36.4 Å². The quantitative estimate of drug-likeness (QED) is 0.0922. The highest BCUT2D eigenvalue weighted by Crippen LogP contribution is 2.42. The second kappa shape index (κ2) is 17.7. The minimum absolute atomic E-state index is 0.0336. The summed E-state index contributed by atoms with van der Waals surface area (Å²) in [6.07, 6.45) is -2.37. The number of rotatable bonds is 12. The number of aliphatic hydroxyl groups excluding tert-OH is 1. The van der Waals surface area contributed by atoms with Crippen LogP contribution >= 0.6 is 11.8 Å². The molecule has 4 heterocycles. The number of pyridine rings is 1. The Bertz CT molecular complexity index is 1960. The zero-order chi connectivity index (χ0) is 39.1. The fourth-order valence-corrected chi connectivity index (χ4v) is 8.22. The van der Waals surface area contributed by atoms with Gasteiger partial charge in [0.25, 0.3) is 0 Å². The number of carbonyl (C=O) groups is 3. The van der Waals surface area contributed by atoms with Gasteiger partial charge < -0.3 is 30.1 Å². The first-order valence-electron chi connectivity index (χ1n) is 18.1. The Morgan fingerprint density at radius 1 is 1.02 bits per heavy atom. The van der Waals surface area contributed by atoms with E-state index in [1.54, 1.807) is 29.9 Å². The third kappa shape index (κ3) is 9.85. The van der Waals surface area contributed by atoms with Gasteiger partial charge in [-0.3, -0.25) is 14.5 Å². The SMILES string of the molecule is CC1c2c(-c3ccc(C(F)(F)F)c(SCCNC(=O)OCc4ccccc4)c3)nn(CC(O)CN3CCC(c4ccccn4)CC3)c2CCN1C(=O)C(=O)O. The lowest BCUT2D eigenvalue weighted by atomic mass is 9.93. The van der Waals surface area contributed by atoms with Gasteiger partial charge >= 0.3 is 24.1 Å². The van der Waals surface area contributed by atoms with Crippen molar-refractivity contribution >= 4 is 29.7 Å². The lowest BCUT2D eigenvalue weighted by molar-refractivity contribution is -0.157. The van der Waals surface area contributed by atoms with Gasteiger partial charge in [0, 0.05) is 71.3 Å². The van der Waals surface area contributed by atoms with E-state index in [4.69, 9.17) is 9.84 Å². The van der Waals surface area contributed by atoms with Crippen molar-refractivity contribution in [1.82, 2.24) is 29.9 Å². The fourth-order valence-electron chi connectivity index (χ4n) is 7.25. The molecule has 2 aromatic carbocycles. The molecule has 3 N–H and O–H groups in total. The largest absolute Gasteiger partial charge is 0.474 e. The van der Waals surface area contributed by atoms with Crippen LogP contribution in [-0.2, 0) is 40.1 Å². The third-order valence-electron chi connectivity index (χ3n) is 9.97. The molecule has 16 heteroatoms. The number of thioether (sulfide) groups is 1. The molecule has 1 fully saturated rings. The first kappa shape index (κ1) is 39.8. The van der Waals surface area contributed by atoms with Crippen LogP contribution in [0, 0.1) is 0 Å². The van der Waals surface area contributed by atoms with Gasteiger partial charge in [-0.25, -0.2) is 9.59 Å². The van der Waals surface area contributed by atoms with Crippen molar-refractivity contribution in [1.29, 1.82) is 0 Å². The molecule has 0 radical (unpaired) electrons. The smallest absolute Gasteiger partial charge is 0.417 e. The highest BCUT2D eigenvalue weighted by molar-refractivity contribution is 7.99. The van der Waals surface area contributed by atoms with Gasteiger partial charge in [0.05, 0.1) is 29.9 Å². The maximum Gasteiger partial charge on any atom is 0.417 e. The van der Waals surface area contributed by atoms with Crippen LogP contribution in [-0.4, -0.2) is 97.3 Å². The Morgan fingerprint density at radius 2 is 1.76 bits per heavy atom. The van der Waals surface area contributed by atoms with E-state index in [2.05, 4.69) is 15.2 Å². The second-order valence-corrected chi connectivity index (χ2v) is 14.8. The van der Waals surface area contributed by atoms with E-state index in [0.717, 1.165) is 55.0 Å². The maximum absolute atomic E-state index is 14.2. The zero-order valence-corrected chi connectivity index (χ0v) is 31.1. The van der Waals surface area contributed by atoms with Crippen LogP contribution in [0.4, 0.5) is 18.0 Å². The summed E-state index contributed by atoms with van der Waals surface area (Å²) in [6, 6.07) is 17.9. The Hall–Kier alpha value is -4.93. The lowest BCUT2D eigenvalue weighted by Gasteiger charge is -2.34. The Kier molecular flexibility index (Phi) is 12.8. The molecule has 2 aromatic heterocycles. The number of amides is 2. The number of aromatic nitrogens is 3. The summed E-state index contributed by atoms with van der Waals surface area (Å²) < 4.78 is 49.5. The molecule has 0 saturated carbocycles. The van der Waals surface area contributed by atoms with Crippen molar-refractivity contribution in [2.75, 3.05) is 38.5 Å². The van der Waals surface area contributed by atoms with Crippen LogP contribution < -0.4 is 5.32 Å². The van der Waals surface area contributed by atoms with Crippen molar-refractivity contribution in [3.8, 4) is 11.3 Å². The number of aliphatic hydroxyl groups is 1. The van der Waals surface area contributed by atoms with Crippen LogP contribution in [0.15, 0.2) is 77.8 Å². The van der Waals surface area contributed by atoms with E-state index in [0.29, 0.717) is 35.0 Å². The van der Waals surface area contributed by atoms with E-state index in [9.17, 15) is 37.8 Å². The molecular weight excluding hydrogens is 738 g/mol. The van der Waals surface area contributed by atoms with Crippen molar-refractivity contribution in [3.63, 3.8) is 0 Å². The van der Waals surface area contributed by atoms with Crippen LogP contribution in [0.2, 0.25) is 0 Å². The first-order valence-corrected chi connectivity index (χ1v) is 19.1. The summed E-state index contributed by atoms with van der Waals surface area (Å²) in [4.78, 5) is 44.4. The topological polar surface area (TPSA) is 150 Å². The number of carboxylic acids is 1. The Balaban J connectivity index is 1.19. The first-order chi connectivity index (χ1) is 26.4. The number of ether oxygens (including phenoxy) is 1. The van der Waals surface area contributed by atoms with E-state index < -0.39 is 41.9 Å². The summed E-state index contributed by atoms with van der Waals surface area (Å²) in [6.45, 7) is 3.87. The minimum atomic E-state index is -4.67. The normalized spacial score (nSPS) is 17.0. The van der Waals surface area contributed by atoms with E-state index in [1.165, 1.54) is 17.0 Å². The molecule has 2 unspecified atom stereocenters. The second-order valence-electron chi connectivity index (χ2n) is 13.6. The van der Waals surface area contributed by atoms with Gasteiger partial charge in [-0.15, -0.1) is 11.8 Å². The number of likely N-dealkylation sites (tertiary alicyclic amines) is 1. The molecule has 1 saturated heterocycles. The van der Waals surface area contributed by atoms with Gasteiger partial charge in [0.15, 0.2) is 0 Å². The standard InChI is InChI=1S/C39H43F3N6O6S/c1-25-34-32(14-19-47(25)36(50)37(51)52)48(23-29(49)22-46-17-12-27(13-18-46)31-9-5-6-15-43-31)45-35(34)28-10-11-30(39(40,41)42)33(21-28)55-20-16-44-38(53)54-24-26-7-3-2-4-8-26/h2-11,15,21,25,27,29,49H,12-14,16-20,22-24H2,1H3,(H,44,53)(H,51,52). The number of aliphatic carboxylic acids is 1. The van der Waals surface area contributed by atoms with Crippen molar-refractivity contribution < 1.29 is 42.5 Å². The summed E-state index contributed by atoms with van der Waals surface area (Å²) in [7, 11) is 0. The van der Waals surface area contributed by atoms with E-state index >= 15 is 0 Å². The average molecular weight is 781 g/mol. The number of fused-ring (bicyclic) bond motifs is 1. The molecule has 0 bridgehead atoms. The van der Waals surface area contributed by atoms with Crippen molar-refractivity contribution in [2.24, 2.45) is 0 Å². The fraction of sp³-hybridized carbons (Fsp3) is 0.410. The molecule has 55 heavy (non-hydrogen) atoms. The van der Waals surface area contributed by atoms with Gasteiger partial charge in [-0.2, -0.15) is 18.3 Å². The number of nitrogens with one attached hydrogen (secondary N) is 1. The van der Waals surface area contributed by atoms with Gasteiger partial charge in [0.1, 0.15) is 6.61 Å². The number of alkyl halides is 3. The molecule has 292 valence electrons. The number of carboxylic acid groups (broad SMARTS) is 1. The summed E-state index contributed by atoms with van der Waals surface area (Å²) in [5.41, 5.74) is 2.82. The van der Waals surface area contributed by atoms with Gasteiger partial charge in [0.2, 0.25) is 0 Å². The number of β-amino-alcohol motifs (C(OH)–C–C–N with tert-alkyl or cyclic N) is 1. The number of alkyl carbamates (subject to hydrolysis) is 1. The third-order valence-corrected chi connectivity index (χ3v) is 11.0. The number of benzene rings is 2. The summed E-state index contributed by atoms with van der Waals surface area (Å²) in [5.74, 6) is -2.26. The maximum atomic E-state index is 14.2. The molecule has 2 atom stereocenters. The van der Waals surface area contributed by atoms with Gasteiger partial charge in [-0.05, 0) is 62.7 Å². The number of hydrogen-bond donors (Lipinski definition) is 3. The van der Waals surface area contributed by atoms with Crippen molar-refractivity contribution in [3.05, 3.63) is 101 Å². The monoisotopic (exact) mass is 780 g/mol.